The van der Waals surface area contributed by atoms with E-state index in [4.69, 9.17) is 19.9 Å². The van der Waals surface area contributed by atoms with Gasteiger partial charge >= 0.3 is 12.1 Å². The van der Waals surface area contributed by atoms with Gasteiger partial charge in [-0.05, 0) is 92.8 Å². The minimum absolute atomic E-state index is 0.231. The maximum absolute atomic E-state index is 13.2. The van der Waals surface area contributed by atoms with Crippen molar-refractivity contribution in [2.75, 3.05) is 30.3 Å². The Balaban J connectivity index is 0.000000644. The van der Waals surface area contributed by atoms with Gasteiger partial charge in [0.05, 0.1) is 10.4 Å². The number of anilines is 2. The standard InChI is InChI=1S/C31H36FN5O2S.C2HF3O2/c1-22-6-16-27(17-7-22)40(38,39)35-21-25-10-8-24(9-11-25)20-34-31-36-29-5-3-2-4-28(29)30(37-31)33-19-18-23-12-14-26(32)15-13-23;3-2(4,5)1(6)7/h2-7,12-17,24-25,35H,8-11,18-21H2,1H3,(H2,33,34,36,37);(H,6,7). The van der Waals surface area contributed by atoms with Crippen LogP contribution in [0.3, 0.4) is 0 Å². The normalized spacial score (nSPS) is 16.6. The predicted octanol–water partition coefficient (Wildman–Crippen LogP) is 6.56. The fraction of sp³-hybridized carbons (Fsp3) is 0.364. The molecule has 1 saturated carbocycles. The number of aryl methyl sites for hydroxylation is 1. The molecule has 1 heterocycles. The van der Waals surface area contributed by atoms with Gasteiger partial charge in [0.1, 0.15) is 11.6 Å². The monoisotopic (exact) mass is 675 g/mol. The number of hydrogen-bond donors (Lipinski definition) is 4. The summed E-state index contributed by atoms with van der Waals surface area (Å²) in [6.07, 6.45) is -0.304. The summed E-state index contributed by atoms with van der Waals surface area (Å²) in [5.74, 6) is -0.797. The molecular formula is C33H37F4N5O4S. The number of fused-ring (bicyclic) bond motifs is 1. The average Bonchev–Trinajstić information content (AvgIpc) is 3.04. The van der Waals surface area contributed by atoms with Crippen molar-refractivity contribution in [2.45, 2.75) is 50.1 Å². The van der Waals surface area contributed by atoms with Gasteiger partial charge in [-0.2, -0.15) is 18.2 Å². The summed E-state index contributed by atoms with van der Waals surface area (Å²) >= 11 is 0. The first kappa shape index (κ1) is 35.6. The number of carboxylic acid groups (broad SMARTS) is 1. The van der Waals surface area contributed by atoms with Crippen LogP contribution in [0.15, 0.2) is 77.7 Å². The number of carbonyl (C=O) groups is 1. The van der Waals surface area contributed by atoms with Crippen molar-refractivity contribution in [3.8, 4) is 0 Å². The second-order valence-corrected chi connectivity index (χ2v) is 13.2. The molecule has 252 valence electrons. The fourth-order valence-electron chi connectivity index (χ4n) is 5.17. The van der Waals surface area contributed by atoms with Crippen molar-refractivity contribution < 1.29 is 35.9 Å². The van der Waals surface area contributed by atoms with Crippen LogP contribution < -0.4 is 15.4 Å². The predicted molar refractivity (Wildman–Crippen MR) is 172 cm³/mol. The largest absolute Gasteiger partial charge is 0.490 e. The maximum atomic E-state index is 13.2. The lowest BCUT2D eigenvalue weighted by atomic mass is 9.82. The number of nitrogens with zero attached hydrogens (tertiary/aromatic N) is 2. The van der Waals surface area contributed by atoms with E-state index in [9.17, 15) is 26.0 Å². The Kier molecular flexibility index (Phi) is 12.1. The van der Waals surface area contributed by atoms with Crippen molar-refractivity contribution in [1.82, 2.24) is 14.7 Å². The Labute approximate surface area is 270 Å². The highest BCUT2D eigenvalue weighted by molar-refractivity contribution is 7.89. The van der Waals surface area contributed by atoms with Gasteiger partial charge in [-0.25, -0.2) is 27.3 Å². The van der Waals surface area contributed by atoms with E-state index in [1.54, 1.807) is 24.3 Å². The van der Waals surface area contributed by atoms with Gasteiger partial charge in [0, 0.05) is 25.0 Å². The lowest BCUT2D eigenvalue weighted by molar-refractivity contribution is -0.192. The molecule has 47 heavy (non-hydrogen) atoms. The van der Waals surface area contributed by atoms with Crippen LogP contribution in [0, 0.1) is 24.6 Å². The summed E-state index contributed by atoms with van der Waals surface area (Å²) in [7, 11) is -3.48. The fourth-order valence-corrected chi connectivity index (χ4v) is 6.29. The number of nitrogens with one attached hydrogen (secondary N) is 3. The van der Waals surface area contributed by atoms with Crippen molar-refractivity contribution >= 4 is 38.7 Å². The molecule has 0 radical (unpaired) electrons. The van der Waals surface area contributed by atoms with Crippen LogP contribution in [-0.4, -0.2) is 55.3 Å². The van der Waals surface area contributed by atoms with Gasteiger partial charge in [0.25, 0.3) is 0 Å². The van der Waals surface area contributed by atoms with Crippen LogP contribution in [0.1, 0.15) is 36.8 Å². The van der Waals surface area contributed by atoms with E-state index in [0.717, 1.165) is 66.5 Å². The Bertz CT molecular complexity index is 1730. The van der Waals surface area contributed by atoms with E-state index >= 15 is 0 Å². The number of hydrogen-bond acceptors (Lipinski definition) is 7. The molecule has 1 aliphatic carbocycles. The summed E-state index contributed by atoms with van der Waals surface area (Å²) in [5, 5.41) is 15.0. The van der Waals surface area contributed by atoms with Crippen LogP contribution in [0.5, 0.6) is 0 Å². The number of benzene rings is 3. The average molecular weight is 676 g/mol. The summed E-state index contributed by atoms with van der Waals surface area (Å²) in [6, 6.07) is 21.4. The number of alkyl halides is 3. The summed E-state index contributed by atoms with van der Waals surface area (Å²) in [6.45, 7) is 3.85. The van der Waals surface area contributed by atoms with Crippen LogP contribution in [-0.2, 0) is 21.2 Å². The first-order chi connectivity index (χ1) is 22.3. The maximum Gasteiger partial charge on any atom is 0.490 e. The number of rotatable bonds is 11. The molecule has 4 N–H and O–H groups in total. The van der Waals surface area contributed by atoms with Gasteiger partial charge in [-0.1, -0.05) is 42.0 Å². The third-order valence-electron chi connectivity index (χ3n) is 7.87. The molecule has 0 unspecified atom stereocenters. The molecular weight excluding hydrogens is 638 g/mol. The zero-order valence-corrected chi connectivity index (χ0v) is 26.5. The third kappa shape index (κ3) is 10.9. The summed E-state index contributed by atoms with van der Waals surface area (Å²) in [4.78, 5) is 18.7. The quantitative estimate of drug-likeness (QED) is 0.131. The van der Waals surface area contributed by atoms with Gasteiger partial charge in [0.2, 0.25) is 16.0 Å². The van der Waals surface area contributed by atoms with E-state index in [1.165, 1.54) is 12.1 Å². The molecule has 1 aliphatic rings. The first-order valence-corrected chi connectivity index (χ1v) is 16.6. The number of para-hydroxylation sites is 1. The zero-order valence-electron chi connectivity index (χ0n) is 25.7. The van der Waals surface area contributed by atoms with Gasteiger partial charge < -0.3 is 15.7 Å². The molecule has 0 bridgehead atoms. The van der Waals surface area contributed by atoms with E-state index in [0.29, 0.717) is 35.8 Å². The molecule has 1 fully saturated rings. The van der Waals surface area contributed by atoms with Gasteiger partial charge in [0.15, 0.2) is 0 Å². The highest BCUT2D eigenvalue weighted by Crippen LogP contribution is 2.29. The number of aliphatic carboxylic acids is 1. The van der Waals surface area contributed by atoms with Crippen molar-refractivity contribution in [2.24, 2.45) is 11.8 Å². The van der Waals surface area contributed by atoms with Crippen molar-refractivity contribution in [1.29, 1.82) is 0 Å². The number of halogens is 4. The van der Waals surface area contributed by atoms with E-state index in [-0.39, 0.29) is 5.82 Å². The second-order valence-electron chi connectivity index (χ2n) is 11.5. The molecule has 5 rings (SSSR count). The van der Waals surface area contributed by atoms with E-state index < -0.39 is 22.2 Å². The SMILES string of the molecule is Cc1ccc(S(=O)(=O)NCC2CCC(CNc3nc(NCCc4ccc(F)cc4)c4ccccc4n3)CC2)cc1.O=C(O)C(F)(F)F. The van der Waals surface area contributed by atoms with Crippen LogP contribution in [0.25, 0.3) is 10.9 Å². The lowest BCUT2D eigenvalue weighted by Crippen LogP contribution is -2.32. The molecule has 0 saturated heterocycles. The minimum atomic E-state index is -5.08. The Morgan fingerprint density at radius 2 is 1.47 bits per heavy atom. The Morgan fingerprint density at radius 3 is 2.09 bits per heavy atom. The summed E-state index contributed by atoms with van der Waals surface area (Å²) < 4.78 is 73.0. The number of carboxylic acids is 1. The Hall–Kier alpha value is -4.30. The molecule has 3 aromatic carbocycles. The van der Waals surface area contributed by atoms with E-state index in [1.807, 2.05) is 43.3 Å². The smallest absolute Gasteiger partial charge is 0.475 e. The molecule has 0 amide bonds. The van der Waals surface area contributed by atoms with Crippen LogP contribution in [0.2, 0.25) is 0 Å². The topological polar surface area (TPSA) is 133 Å². The third-order valence-corrected chi connectivity index (χ3v) is 9.31. The van der Waals surface area contributed by atoms with E-state index in [2.05, 4.69) is 15.4 Å². The molecule has 4 aromatic rings. The van der Waals surface area contributed by atoms with Crippen LogP contribution >= 0.6 is 0 Å². The molecule has 9 nitrogen and oxygen atoms in total. The second kappa shape index (κ2) is 16.0. The van der Waals surface area contributed by atoms with Crippen molar-refractivity contribution in [3.05, 3.63) is 89.7 Å². The minimum Gasteiger partial charge on any atom is -0.475 e. The van der Waals surface area contributed by atoms with Gasteiger partial charge in [-0.15, -0.1) is 0 Å². The summed E-state index contributed by atoms with van der Waals surface area (Å²) in [5.41, 5.74) is 2.97. The molecule has 14 heteroatoms. The van der Waals surface area contributed by atoms with Crippen molar-refractivity contribution in [3.63, 3.8) is 0 Å². The van der Waals surface area contributed by atoms with Gasteiger partial charge in [-0.3, -0.25) is 0 Å². The Morgan fingerprint density at radius 1 is 0.872 bits per heavy atom. The number of aromatic nitrogens is 2. The molecule has 0 spiro atoms. The first-order valence-electron chi connectivity index (χ1n) is 15.2. The highest BCUT2D eigenvalue weighted by Gasteiger charge is 2.38. The van der Waals surface area contributed by atoms with Crippen LogP contribution in [0.4, 0.5) is 29.3 Å². The lowest BCUT2D eigenvalue weighted by Gasteiger charge is -2.28. The molecule has 0 aliphatic heterocycles. The molecule has 0 atom stereocenters. The highest BCUT2D eigenvalue weighted by atomic mass is 32.2. The zero-order chi connectivity index (χ0) is 34.0. The number of sulfonamides is 1. The molecule has 1 aromatic heterocycles.